The van der Waals surface area contributed by atoms with Crippen molar-refractivity contribution < 1.29 is 9.59 Å². The number of ketones is 2. The van der Waals surface area contributed by atoms with Crippen LogP contribution in [0, 0.1) is 11.8 Å². The Morgan fingerprint density at radius 1 is 1.57 bits per heavy atom. The molecule has 0 amide bonds. The van der Waals surface area contributed by atoms with Gasteiger partial charge >= 0.3 is 0 Å². The van der Waals surface area contributed by atoms with Gasteiger partial charge in [0.1, 0.15) is 5.78 Å². The van der Waals surface area contributed by atoms with Crippen LogP contribution in [0.25, 0.3) is 0 Å². The number of hydrogen-bond acceptors (Lipinski definition) is 2. The van der Waals surface area contributed by atoms with Crippen molar-refractivity contribution >= 4 is 11.6 Å². The predicted octanol–water partition coefficient (Wildman–Crippen LogP) is 2.53. The fourth-order valence-electron chi connectivity index (χ4n) is 1.99. The van der Waals surface area contributed by atoms with E-state index in [0.717, 1.165) is 12.0 Å². The van der Waals surface area contributed by atoms with Crippen LogP contribution in [0.2, 0.25) is 0 Å². The summed E-state index contributed by atoms with van der Waals surface area (Å²) in [6.07, 6.45) is 3.81. The number of rotatable bonds is 3. The molecule has 0 aromatic carbocycles. The third-order valence-corrected chi connectivity index (χ3v) is 2.61. The largest absolute Gasteiger partial charge is 0.299 e. The van der Waals surface area contributed by atoms with E-state index < -0.39 is 0 Å². The van der Waals surface area contributed by atoms with Crippen LogP contribution in [0.5, 0.6) is 0 Å². The zero-order valence-corrected chi connectivity index (χ0v) is 9.17. The lowest BCUT2D eigenvalue weighted by Crippen LogP contribution is -2.21. The maximum Gasteiger partial charge on any atom is 0.155 e. The van der Waals surface area contributed by atoms with Gasteiger partial charge in [-0.25, -0.2) is 0 Å². The van der Waals surface area contributed by atoms with Crippen molar-refractivity contribution in [3.05, 3.63) is 11.6 Å². The average Bonchev–Trinajstić information content (AvgIpc) is 2.01. The third kappa shape index (κ3) is 2.79. The van der Waals surface area contributed by atoms with Crippen LogP contribution < -0.4 is 0 Å². The Morgan fingerprint density at radius 3 is 2.71 bits per heavy atom. The molecule has 0 saturated heterocycles. The van der Waals surface area contributed by atoms with Crippen LogP contribution >= 0.6 is 0 Å². The van der Waals surface area contributed by atoms with Crippen LogP contribution in [0.3, 0.4) is 0 Å². The molecule has 0 saturated carbocycles. The quantitative estimate of drug-likeness (QED) is 0.691. The average molecular weight is 194 g/mol. The smallest absolute Gasteiger partial charge is 0.155 e. The Hall–Kier alpha value is -0.920. The monoisotopic (exact) mass is 194 g/mol. The molecule has 14 heavy (non-hydrogen) atoms. The van der Waals surface area contributed by atoms with Gasteiger partial charge in [-0.3, -0.25) is 9.59 Å². The first-order chi connectivity index (χ1) is 6.50. The third-order valence-electron chi connectivity index (χ3n) is 2.61. The molecule has 1 unspecified atom stereocenters. The lowest BCUT2D eigenvalue weighted by atomic mass is 9.81. The minimum absolute atomic E-state index is 0.00935. The molecule has 1 aliphatic rings. The van der Waals surface area contributed by atoms with Gasteiger partial charge in [-0.05, 0) is 31.8 Å². The van der Waals surface area contributed by atoms with E-state index in [1.807, 2.05) is 0 Å². The number of carbonyl (C=O) groups is 2. The lowest BCUT2D eigenvalue weighted by molar-refractivity contribution is -0.121. The van der Waals surface area contributed by atoms with Gasteiger partial charge in [-0.15, -0.1) is 0 Å². The van der Waals surface area contributed by atoms with Gasteiger partial charge in [0.05, 0.1) is 0 Å². The molecule has 2 heteroatoms. The molecule has 0 aliphatic heterocycles. The Bertz CT molecular complexity index is 274. The molecule has 0 radical (unpaired) electrons. The highest BCUT2D eigenvalue weighted by atomic mass is 16.1. The Morgan fingerprint density at radius 2 is 2.21 bits per heavy atom. The molecule has 0 fully saturated rings. The van der Waals surface area contributed by atoms with E-state index in [9.17, 15) is 9.59 Å². The zero-order chi connectivity index (χ0) is 10.7. The van der Waals surface area contributed by atoms with Crippen molar-refractivity contribution in [3.8, 4) is 0 Å². The van der Waals surface area contributed by atoms with Gasteiger partial charge in [0.25, 0.3) is 0 Å². The molecule has 2 nitrogen and oxygen atoms in total. The van der Waals surface area contributed by atoms with Crippen LogP contribution in [0.1, 0.15) is 40.0 Å². The molecule has 0 bridgehead atoms. The lowest BCUT2D eigenvalue weighted by Gasteiger charge is -2.22. The summed E-state index contributed by atoms with van der Waals surface area (Å²) in [6, 6.07) is 0. The Balaban J connectivity index is 2.81. The first kappa shape index (κ1) is 11.2. The van der Waals surface area contributed by atoms with Crippen LogP contribution in [-0.2, 0) is 9.59 Å². The van der Waals surface area contributed by atoms with E-state index in [2.05, 4.69) is 13.8 Å². The van der Waals surface area contributed by atoms with Gasteiger partial charge in [0, 0.05) is 12.3 Å². The Kier molecular flexibility index (Phi) is 3.62. The number of carbonyl (C=O) groups excluding carboxylic acids is 2. The standard InChI is InChI=1S/C12H18O2/c1-8(2)6-10-7-11(14)4-5-12(10)9(3)13/h7-8,12H,4-6H2,1-3H3. The van der Waals surface area contributed by atoms with E-state index in [0.29, 0.717) is 18.8 Å². The molecular weight excluding hydrogens is 176 g/mol. The van der Waals surface area contributed by atoms with Crippen molar-refractivity contribution in [2.45, 2.75) is 40.0 Å². The molecule has 0 aromatic heterocycles. The van der Waals surface area contributed by atoms with E-state index in [1.165, 1.54) is 0 Å². The summed E-state index contributed by atoms with van der Waals surface area (Å²) < 4.78 is 0. The summed E-state index contributed by atoms with van der Waals surface area (Å²) in [6.45, 7) is 5.84. The summed E-state index contributed by atoms with van der Waals surface area (Å²) in [4.78, 5) is 22.6. The number of Topliss-reactive ketones (excluding diaryl/α,β-unsaturated/α-hetero) is 1. The highest BCUT2D eigenvalue weighted by Gasteiger charge is 2.25. The fourth-order valence-corrected chi connectivity index (χ4v) is 1.99. The first-order valence-corrected chi connectivity index (χ1v) is 5.24. The maximum atomic E-state index is 11.3. The van der Waals surface area contributed by atoms with Crippen molar-refractivity contribution in [2.75, 3.05) is 0 Å². The van der Waals surface area contributed by atoms with E-state index in [-0.39, 0.29) is 17.5 Å². The zero-order valence-electron chi connectivity index (χ0n) is 9.17. The molecule has 0 N–H and O–H groups in total. The number of hydrogen-bond donors (Lipinski definition) is 0. The van der Waals surface area contributed by atoms with Crippen LogP contribution in [0.4, 0.5) is 0 Å². The summed E-state index contributed by atoms with van der Waals surface area (Å²) in [5, 5.41) is 0. The van der Waals surface area contributed by atoms with Crippen LogP contribution in [0.15, 0.2) is 11.6 Å². The first-order valence-electron chi connectivity index (χ1n) is 5.24. The molecular formula is C12H18O2. The molecule has 1 aliphatic carbocycles. The van der Waals surface area contributed by atoms with Gasteiger partial charge in [0.15, 0.2) is 5.78 Å². The molecule has 0 heterocycles. The van der Waals surface area contributed by atoms with E-state index >= 15 is 0 Å². The molecule has 78 valence electrons. The SMILES string of the molecule is CC(=O)C1CCC(=O)C=C1CC(C)C. The summed E-state index contributed by atoms with van der Waals surface area (Å²) in [5.74, 6) is 0.895. The molecule has 1 atom stereocenters. The van der Waals surface area contributed by atoms with E-state index in [4.69, 9.17) is 0 Å². The summed E-state index contributed by atoms with van der Waals surface area (Å²) >= 11 is 0. The summed E-state index contributed by atoms with van der Waals surface area (Å²) in [7, 11) is 0. The second kappa shape index (κ2) is 4.54. The van der Waals surface area contributed by atoms with E-state index in [1.54, 1.807) is 13.0 Å². The van der Waals surface area contributed by atoms with Gasteiger partial charge in [0.2, 0.25) is 0 Å². The molecule has 0 aromatic rings. The van der Waals surface area contributed by atoms with Crippen LogP contribution in [-0.4, -0.2) is 11.6 Å². The van der Waals surface area contributed by atoms with Gasteiger partial charge < -0.3 is 0 Å². The minimum atomic E-state index is 0.00935. The normalized spacial score (nSPS) is 22.4. The second-order valence-corrected chi connectivity index (χ2v) is 4.49. The van der Waals surface area contributed by atoms with Crippen molar-refractivity contribution in [1.29, 1.82) is 0 Å². The Labute approximate surface area is 85.4 Å². The fraction of sp³-hybridized carbons (Fsp3) is 0.667. The highest BCUT2D eigenvalue weighted by molar-refractivity contribution is 5.94. The maximum absolute atomic E-state index is 11.3. The van der Waals surface area contributed by atoms with Crippen molar-refractivity contribution in [2.24, 2.45) is 11.8 Å². The minimum Gasteiger partial charge on any atom is -0.299 e. The topological polar surface area (TPSA) is 34.1 Å². The van der Waals surface area contributed by atoms with Crippen molar-refractivity contribution in [3.63, 3.8) is 0 Å². The molecule has 1 rings (SSSR count). The van der Waals surface area contributed by atoms with Gasteiger partial charge in [-0.2, -0.15) is 0 Å². The number of allylic oxidation sites excluding steroid dienone is 2. The second-order valence-electron chi connectivity index (χ2n) is 4.49. The highest BCUT2D eigenvalue weighted by Crippen LogP contribution is 2.28. The summed E-state index contributed by atoms with van der Waals surface area (Å²) in [5.41, 5.74) is 1.05. The predicted molar refractivity (Wildman–Crippen MR) is 56.0 cm³/mol. The van der Waals surface area contributed by atoms with Crippen molar-refractivity contribution in [1.82, 2.24) is 0 Å². The van der Waals surface area contributed by atoms with Gasteiger partial charge in [-0.1, -0.05) is 19.4 Å². The molecule has 0 spiro atoms.